The highest BCUT2D eigenvalue weighted by Gasteiger charge is 2.12. The molecule has 0 saturated heterocycles. The molecule has 2 rings (SSSR count). The fraction of sp³-hybridized carbons (Fsp3) is 0.111. The first-order chi connectivity index (χ1) is 7.20. The van der Waals surface area contributed by atoms with E-state index in [1.165, 1.54) is 6.07 Å². The third-order valence-electron chi connectivity index (χ3n) is 1.78. The molecule has 0 aliphatic rings. The number of benzene rings is 1. The minimum absolute atomic E-state index is 0.0316. The Balaban J connectivity index is 2.48. The molecule has 0 radical (unpaired) electrons. The molecule has 0 saturated carbocycles. The van der Waals surface area contributed by atoms with Gasteiger partial charge in [0.1, 0.15) is 5.75 Å². The van der Waals surface area contributed by atoms with Crippen molar-refractivity contribution in [3.63, 3.8) is 0 Å². The second kappa shape index (κ2) is 4.08. The molecule has 1 aromatic heterocycles. The molecule has 15 heavy (non-hydrogen) atoms. The van der Waals surface area contributed by atoms with Crippen molar-refractivity contribution in [1.82, 2.24) is 10.1 Å². The van der Waals surface area contributed by atoms with E-state index in [0.29, 0.717) is 16.4 Å². The predicted octanol–water partition coefficient (Wildman–Crippen LogP) is 2.83. The summed E-state index contributed by atoms with van der Waals surface area (Å²) in [5.41, 5.74) is 0.395. The van der Waals surface area contributed by atoms with E-state index in [0.717, 1.165) is 0 Å². The van der Waals surface area contributed by atoms with Gasteiger partial charge in [-0.05, 0) is 18.2 Å². The molecule has 1 aromatic carbocycles. The number of aromatic hydroxyl groups is 1. The van der Waals surface area contributed by atoms with Crippen molar-refractivity contribution in [3.05, 3.63) is 29.0 Å². The highest BCUT2D eigenvalue weighted by molar-refractivity contribution is 6.30. The van der Waals surface area contributed by atoms with Crippen LogP contribution in [-0.4, -0.2) is 15.2 Å². The lowest BCUT2D eigenvalue weighted by molar-refractivity contribution is 0.419. The first-order valence-electron chi connectivity index (χ1n) is 4.08. The molecule has 0 unspecified atom stereocenters. The SMILES string of the molecule is Oc1ccc(Cl)cc1-c1nc(CCl)no1. The van der Waals surface area contributed by atoms with Crippen LogP contribution in [0.15, 0.2) is 22.7 Å². The Kier molecular flexibility index (Phi) is 2.79. The highest BCUT2D eigenvalue weighted by atomic mass is 35.5. The van der Waals surface area contributed by atoms with Crippen molar-refractivity contribution in [2.45, 2.75) is 5.88 Å². The van der Waals surface area contributed by atoms with Crippen LogP contribution < -0.4 is 0 Å². The van der Waals surface area contributed by atoms with E-state index in [4.69, 9.17) is 27.7 Å². The van der Waals surface area contributed by atoms with Crippen LogP contribution in [0.25, 0.3) is 11.5 Å². The van der Waals surface area contributed by atoms with Gasteiger partial charge >= 0.3 is 0 Å². The van der Waals surface area contributed by atoms with Crippen LogP contribution in [0.4, 0.5) is 0 Å². The van der Waals surface area contributed by atoms with E-state index in [2.05, 4.69) is 10.1 Å². The summed E-state index contributed by atoms with van der Waals surface area (Å²) in [4.78, 5) is 3.97. The van der Waals surface area contributed by atoms with Crippen molar-refractivity contribution in [2.75, 3.05) is 0 Å². The fourth-order valence-corrected chi connectivity index (χ4v) is 1.38. The third kappa shape index (κ3) is 2.06. The van der Waals surface area contributed by atoms with E-state index >= 15 is 0 Å². The largest absolute Gasteiger partial charge is 0.507 e. The van der Waals surface area contributed by atoms with Gasteiger partial charge in [-0.2, -0.15) is 4.98 Å². The molecular weight excluding hydrogens is 239 g/mol. The lowest BCUT2D eigenvalue weighted by Crippen LogP contribution is -1.82. The molecule has 78 valence electrons. The van der Waals surface area contributed by atoms with Gasteiger partial charge in [0.25, 0.3) is 5.89 Å². The number of phenols is 1. The molecule has 4 nitrogen and oxygen atoms in total. The summed E-state index contributed by atoms with van der Waals surface area (Å²) >= 11 is 11.3. The first-order valence-corrected chi connectivity index (χ1v) is 4.99. The number of nitrogens with zero attached hydrogens (tertiary/aromatic N) is 2. The van der Waals surface area contributed by atoms with Gasteiger partial charge in [-0.3, -0.25) is 0 Å². The zero-order chi connectivity index (χ0) is 10.8. The lowest BCUT2D eigenvalue weighted by Gasteiger charge is -1.98. The molecule has 0 bridgehead atoms. The second-order valence-electron chi connectivity index (χ2n) is 2.81. The van der Waals surface area contributed by atoms with Gasteiger partial charge in [0.15, 0.2) is 5.82 Å². The third-order valence-corrected chi connectivity index (χ3v) is 2.25. The molecule has 2 aromatic rings. The topological polar surface area (TPSA) is 59.2 Å². The number of aromatic nitrogens is 2. The van der Waals surface area contributed by atoms with Gasteiger partial charge < -0.3 is 9.63 Å². The number of hydrogen-bond donors (Lipinski definition) is 1. The van der Waals surface area contributed by atoms with Crippen molar-refractivity contribution >= 4 is 23.2 Å². The fourth-order valence-electron chi connectivity index (χ4n) is 1.10. The molecule has 0 aliphatic heterocycles. The van der Waals surface area contributed by atoms with Crippen LogP contribution in [-0.2, 0) is 5.88 Å². The van der Waals surface area contributed by atoms with Gasteiger partial charge in [-0.1, -0.05) is 16.8 Å². The zero-order valence-corrected chi connectivity index (χ0v) is 8.96. The number of halogens is 2. The Morgan fingerprint density at radius 1 is 1.40 bits per heavy atom. The minimum atomic E-state index is 0.0316. The van der Waals surface area contributed by atoms with Crippen LogP contribution in [0, 0.1) is 0 Å². The summed E-state index contributed by atoms with van der Waals surface area (Å²) < 4.78 is 4.91. The zero-order valence-electron chi connectivity index (χ0n) is 7.44. The molecular formula is C9H6Cl2N2O2. The van der Waals surface area contributed by atoms with Gasteiger partial charge in [0.2, 0.25) is 0 Å². The molecule has 1 N–H and O–H groups in total. The average molecular weight is 245 g/mol. The summed E-state index contributed by atoms with van der Waals surface area (Å²) in [7, 11) is 0. The Morgan fingerprint density at radius 2 is 2.20 bits per heavy atom. The quantitative estimate of drug-likeness (QED) is 0.826. The van der Waals surface area contributed by atoms with Crippen LogP contribution in [0.3, 0.4) is 0 Å². The Labute approximate surface area is 95.4 Å². The van der Waals surface area contributed by atoms with E-state index < -0.39 is 0 Å². The van der Waals surface area contributed by atoms with E-state index in [1.54, 1.807) is 12.1 Å². The summed E-state index contributed by atoms with van der Waals surface area (Å²) in [6.07, 6.45) is 0. The lowest BCUT2D eigenvalue weighted by atomic mass is 10.2. The monoisotopic (exact) mass is 244 g/mol. The Morgan fingerprint density at radius 3 is 2.87 bits per heavy atom. The Hall–Kier alpha value is -1.26. The Bertz CT molecular complexity index is 485. The normalized spacial score (nSPS) is 10.5. The van der Waals surface area contributed by atoms with E-state index in [-0.39, 0.29) is 17.5 Å². The predicted molar refractivity (Wildman–Crippen MR) is 56.0 cm³/mol. The summed E-state index contributed by atoms with van der Waals surface area (Å²) in [5, 5.41) is 13.6. The van der Waals surface area contributed by atoms with Crippen molar-refractivity contribution in [2.24, 2.45) is 0 Å². The summed E-state index contributed by atoms with van der Waals surface area (Å²) in [6.45, 7) is 0. The maximum absolute atomic E-state index is 9.55. The first kappa shape index (κ1) is 10.3. The standard InChI is InChI=1S/C9H6Cl2N2O2/c10-4-8-12-9(15-13-8)6-3-5(11)1-2-7(6)14/h1-3,14H,4H2. The maximum Gasteiger partial charge on any atom is 0.261 e. The molecule has 0 spiro atoms. The summed E-state index contributed by atoms with van der Waals surface area (Å²) in [5.74, 6) is 0.756. The second-order valence-corrected chi connectivity index (χ2v) is 3.51. The molecule has 0 fully saturated rings. The molecule has 0 aliphatic carbocycles. The summed E-state index contributed by atoms with van der Waals surface area (Å²) in [6, 6.07) is 4.57. The molecule has 1 heterocycles. The smallest absolute Gasteiger partial charge is 0.261 e. The van der Waals surface area contributed by atoms with Crippen LogP contribution >= 0.6 is 23.2 Å². The number of phenolic OH excluding ortho intramolecular Hbond substituents is 1. The highest BCUT2D eigenvalue weighted by Crippen LogP contribution is 2.30. The molecule has 0 atom stereocenters. The minimum Gasteiger partial charge on any atom is -0.507 e. The van der Waals surface area contributed by atoms with E-state index in [9.17, 15) is 5.11 Å². The van der Waals surface area contributed by atoms with Gasteiger partial charge in [-0.15, -0.1) is 11.6 Å². The average Bonchev–Trinajstić information content (AvgIpc) is 2.70. The number of hydrogen-bond acceptors (Lipinski definition) is 4. The van der Waals surface area contributed by atoms with Crippen molar-refractivity contribution in [1.29, 1.82) is 0 Å². The van der Waals surface area contributed by atoms with E-state index in [1.807, 2.05) is 0 Å². The van der Waals surface area contributed by atoms with Gasteiger partial charge in [0, 0.05) is 5.02 Å². The molecule has 0 amide bonds. The maximum atomic E-state index is 9.55. The van der Waals surface area contributed by atoms with Gasteiger partial charge in [0.05, 0.1) is 11.4 Å². The van der Waals surface area contributed by atoms with Crippen LogP contribution in [0.2, 0.25) is 5.02 Å². The molecule has 6 heteroatoms. The van der Waals surface area contributed by atoms with Crippen molar-refractivity contribution < 1.29 is 9.63 Å². The van der Waals surface area contributed by atoms with Crippen LogP contribution in [0.1, 0.15) is 5.82 Å². The van der Waals surface area contributed by atoms with Gasteiger partial charge in [-0.25, -0.2) is 0 Å². The van der Waals surface area contributed by atoms with Crippen LogP contribution in [0.5, 0.6) is 5.75 Å². The number of rotatable bonds is 2. The van der Waals surface area contributed by atoms with Crippen molar-refractivity contribution in [3.8, 4) is 17.2 Å². The number of alkyl halides is 1.